The SMILES string of the molecule is C/C=C(\CN1CCC(N(C)Cc2ccccc2)CC1)N=C(C)c1ccc(C)cc1.CNC=O. The van der Waals surface area contributed by atoms with Crippen LogP contribution < -0.4 is 5.32 Å². The summed E-state index contributed by atoms with van der Waals surface area (Å²) in [6, 6.07) is 20.1. The van der Waals surface area contributed by atoms with Gasteiger partial charge in [0.1, 0.15) is 0 Å². The molecular formula is C28H40N4O. The molecule has 2 aromatic carbocycles. The Bertz CT molecular complexity index is 882. The zero-order chi connectivity index (χ0) is 24.1. The van der Waals surface area contributed by atoms with Gasteiger partial charge in [0.2, 0.25) is 6.41 Å². The van der Waals surface area contributed by atoms with Crippen LogP contribution in [0, 0.1) is 6.92 Å². The summed E-state index contributed by atoms with van der Waals surface area (Å²) in [5, 5.41) is 2.25. The monoisotopic (exact) mass is 448 g/mol. The maximum Gasteiger partial charge on any atom is 0.206 e. The van der Waals surface area contributed by atoms with Crippen LogP contribution >= 0.6 is 0 Å². The Balaban J connectivity index is 0.000000890. The number of carbonyl (C=O) groups excluding carboxylic acids is 1. The molecule has 2 aromatic rings. The Morgan fingerprint density at radius 1 is 1.12 bits per heavy atom. The topological polar surface area (TPSA) is 47.9 Å². The van der Waals surface area contributed by atoms with Crippen LogP contribution in [0.2, 0.25) is 0 Å². The molecule has 1 heterocycles. The zero-order valence-electron chi connectivity index (χ0n) is 20.9. The molecule has 0 saturated carbocycles. The lowest BCUT2D eigenvalue weighted by atomic mass is 10.0. The molecule has 0 bridgehead atoms. The third kappa shape index (κ3) is 9.32. The second-order valence-electron chi connectivity index (χ2n) is 8.66. The van der Waals surface area contributed by atoms with Gasteiger partial charge in [-0.1, -0.05) is 66.2 Å². The molecule has 33 heavy (non-hydrogen) atoms. The predicted octanol–water partition coefficient (Wildman–Crippen LogP) is 4.67. The second-order valence-corrected chi connectivity index (χ2v) is 8.66. The van der Waals surface area contributed by atoms with Crippen molar-refractivity contribution in [2.24, 2.45) is 4.99 Å². The van der Waals surface area contributed by atoms with Crippen molar-refractivity contribution in [2.75, 3.05) is 33.7 Å². The van der Waals surface area contributed by atoms with Crippen molar-refractivity contribution in [3.8, 4) is 0 Å². The summed E-state index contributed by atoms with van der Waals surface area (Å²) in [5.41, 5.74) is 6.15. The van der Waals surface area contributed by atoms with Gasteiger partial charge < -0.3 is 5.32 Å². The first-order valence-electron chi connectivity index (χ1n) is 11.8. The van der Waals surface area contributed by atoms with Crippen molar-refractivity contribution >= 4 is 12.1 Å². The molecule has 0 spiro atoms. The molecule has 3 rings (SSSR count). The number of nitrogens with zero attached hydrogens (tertiary/aromatic N) is 3. The average Bonchev–Trinajstić information content (AvgIpc) is 2.85. The van der Waals surface area contributed by atoms with Crippen molar-refractivity contribution in [3.05, 3.63) is 83.1 Å². The smallest absolute Gasteiger partial charge is 0.206 e. The average molecular weight is 449 g/mol. The summed E-state index contributed by atoms with van der Waals surface area (Å²) in [4.78, 5) is 19.1. The first-order valence-corrected chi connectivity index (χ1v) is 11.8. The lowest BCUT2D eigenvalue weighted by molar-refractivity contribution is -0.109. The molecule has 0 aliphatic carbocycles. The highest BCUT2D eigenvalue weighted by Gasteiger charge is 2.22. The van der Waals surface area contributed by atoms with Crippen LogP contribution in [-0.2, 0) is 11.3 Å². The number of aryl methyl sites for hydroxylation is 1. The number of benzene rings is 2. The van der Waals surface area contributed by atoms with Crippen LogP contribution in [0.3, 0.4) is 0 Å². The third-order valence-corrected chi connectivity index (χ3v) is 6.07. The maximum absolute atomic E-state index is 9.06. The minimum atomic E-state index is 0.625. The molecule has 5 nitrogen and oxygen atoms in total. The second kappa shape index (κ2) is 14.4. The van der Waals surface area contributed by atoms with Gasteiger partial charge in [-0.25, -0.2) is 0 Å². The highest BCUT2D eigenvalue weighted by Crippen LogP contribution is 2.19. The van der Waals surface area contributed by atoms with E-state index in [4.69, 9.17) is 9.79 Å². The minimum Gasteiger partial charge on any atom is -0.362 e. The van der Waals surface area contributed by atoms with Crippen molar-refractivity contribution in [2.45, 2.75) is 46.2 Å². The molecule has 1 aliphatic rings. The van der Waals surface area contributed by atoms with Gasteiger partial charge in [-0.15, -0.1) is 0 Å². The normalized spacial score (nSPS) is 15.7. The molecule has 1 N–H and O–H groups in total. The number of nitrogens with one attached hydrogen (secondary N) is 1. The van der Waals surface area contributed by atoms with E-state index in [2.05, 4.69) is 104 Å². The Morgan fingerprint density at radius 3 is 2.27 bits per heavy atom. The first kappa shape index (κ1) is 26.5. The quantitative estimate of drug-likeness (QED) is 0.472. The van der Waals surface area contributed by atoms with E-state index in [0.29, 0.717) is 12.5 Å². The van der Waals surface area contributed by atoms with Crippen molar-refractivity contribution in [1.82, 2.24) is 15.1 Å². The van der Waals surface area contributed by atoms with Crippen molar-refractivity contribution < 1.29 is 4.79 Å². The van der Waals surface area contributed by atoms with Crippen LogP contribution in [-0.4, -0.2) is 61.7 Å². The highest BCUT2D eigenvalue weighted by molar-refractivity contribution is 5.99. The van der Waals surface area contributed by atoms with Gasteiger partial charge in [0.05, 0.1) is 5.70 Å². The van der Waals surface area contributed by atoms with Crippen LogP contribution in [0.1, 0.15) is 43.4 Å². The highest BCUT2D eigenvalue weighted by atomic mass is 16.1. The Kier molecular flexibility index (Phi) is 11.6. The zero-order valence-corrected chi connectivity index (χ0v) is 20.9. The fraction of sp³-hybridized carbons (Fsp3) is 0.429. The summed E-state index contributed by atoms with van der Waals surface area (Å²) >= 11 is 0. The first-order chi connectivity index (χ1) is 16.0. The molecule has 1 amide bonds. The maximum atomic E-state index is 9.06. The number of carbonyl (C=O) groups is 1. The third-order valence-electron chi connectivity index (χ3n) is 6.07. The van der Waals surface area contributed by atoms with Gasteiger partial charge in [0.15, 0.2) is 0 Å². The summed E-state index contributed by atoms with van der Waals surface area (Å²) in [6.45, 7) is 10.6. The Labute approximate surface area is 200 Å². The van der Waals surface area contributed by atoms with E-state index >= 15 is 0 Å². The van der Waals surface area contributed by atoms with Crippen LogP contribution in [0.25, 0.3) is 0 Å². The number of amides is 1. The number of rotatable bonds is 8. The van der Waals surface area contributed by atoms with Gasteiger partial charge in [-0.05, 0) is 51.8 Å². The summed E-state index contributed by atoms with van der Waals surface area (Å²) in [6.07, 6.45) is 5.23. The van der Waals surface area contributed by atoms with E-state index in [1.54, 1.807) is 7.05 Å². The van der Waals surface area contributed by atoms with Gasteiger partial charge >= 0.3 is 0 Å². The number of hydrogen-bond donors (Lipinski definition) is 1. The summed E-state index contributed by atoms with van der Waals surface area (Å²) in [5.74, 6) is 0. The van der Waals surface area contributed by atoms with Crippen molar-refractivity contribution in [3.63, 3.8) is 0 Å². The number of allylic oxidation sites excluding steroid dienone is 1. The van der Waals surface area contributed by atoms with Crippen LogP contribution in [0.5, 0.6) is 0 Å². The van der Waals surface area contributed by atoms with E-state index in [-0.39, 0.29) is 0 Å². The molecule has 1 fully saturated rings. The van der Waals surface area contributed by atoms with Crippen LogP contribution in [0.4, 0.5) is 0 Å². The van der Waals surface area contributed by atoms with Gasteiger partial charge in [-0.3, -0.25) is 19.6 Å². The van der Waals surface area contributed by atoms with E-state index in [1.807, 2.05) is 0 Å². The number of hydrogen-bond acceptors (Lipinski definition) is 4. The molecule has 0 atom stereocenters. The molecule has 1 aliphatic heterocycles. The van der Waals surface area contributed by atoms with Gasteiger partial charge in [0.25, 0.3) is 0 Å². The molecular weight excluding hydrogens is 408 g/mol. The number of likely N-dealkylation sites (tertiary alicyclic amines) is 1. The summed E-state index contributed by atoms with van der Waals surface area (Å²) < 4.78 is 0. The van der Waals surface area contributed by atoms with Crippen LogP contribution in [0.15, 0.2) is 71.4 Å². The Hall–Kier alpha value is -2.76. The van der Waals surface area contributed by atoms with E-state index in [9.17, 15) is 0 Å². The lowest BCUT2D eigenvalue weighted by Gasteiger charge is -2.36. The van der Waals surface area contributed by atoms with Gasteiger partial charge in [-0.2, -0.15) is 0 Å². The largest absolute Gasteiger partial charge is 0.362 e. The standard InChI is InChI=1S/C26H35N3.C2H5NO/c1-5-25(27-22(3)24-13-11-21(2)12-14-24)20-29-17-15-26(16-18-29)28(4)19-23-9-7-6-8-10-23;1-3-2-4/h5-14,26H,15-20H2,1-4H3;2H,1H3,(H,3,4)/b25-5+,27-22?;. The molecule has 5 heteroatoms. The number of aliphatic imine (C=N–C) groups is 1. The van der Waals surface area contributed by atoms with Gasteiger partial charge in [0, 0.05) is 45.0 Å². The van der Waals surface area contributed by atoms with E-state index in [1.165, 1.54) is 35.2 Å². The summed E-state index contributed by atoms with van der Waals surface area (Å²) in [7, 11) is 3.83. The van der Waals surface area contributed by atoms with E-state index < -0.39 is 0 Å². The predicted molar refractivity (Wildman–Crippen MR) is 140 cm³/mol. The van der Waals surface area contributed by atoms with Crippen molar-refractivity contribution in [1.29, 1.82) is 0 Å². The molecule has 0 unspecified atom stereocenters. The Morgan fingerprint density at radius 2 is 1.73 bits per heavy atom. The van der Waals surface area contributed by atoms with E-state index in [0.717, 1.165) is 31.9 Å². The molecule has 0 radical (unpaired) electrons. The lowest BCUT2D eigenvalue weighted by Crippen LogP contribution is -2.43. The molecule has 178 valence electrons. The molecule has 1 saturated heterocycles. The minimum absolute atomic E-state index is 0.625. The molecule has 0 aromatic heterocycles. The fourth-order valence-corrected chi connectivity index (χ4v) is 4.01. The number of piperidine rings is 1. The fourth-order valence-electron chi connectivity index (χ4n) is 4.01.